The van der Waals surface area contributed by atoms with Crippen molar-refractivity contribution in [2.75, 3.05) is 39.3 Å². The topological polar surface area (TPSA) is 61.9 Å². The Morgan fingerprint density at radius 3 is 2.50 bits per heavy atom. The largest absolute Gasteiger partial charge is 0.454 e. The zero-order chi connectivity index (χ0) is 21.5. The van der Waals surface area contributed by atoms with E-state index >= 15 is 0 Å². The average Bonchev–Trinajstić information content (AvgIpc) is 3.42. The first kappa shape index (κ1) is 22.2. The third kappa shape index (κ3) is 5.33. The van der Waals surface area contributed by atoms with Crippen LogP contribution in [-0.2, 0) is 17.9 Å². The maximum absolute atomic E-state index is 12.8. The minimum Gasteiger partial charge on any atom is -0.454 e. The molecule has 1 fully saturated rings. The van der Waals surface area contributed by atoms with Crippen LogP contribution in [0.15, 0.2) is 34.9 Å². The van der Waals surface area contributed by atoms with Crippen LogP contribution >= 0.6 is 0 Å². The predicted octanol–water partition coefficient (Wildman–Crippen LogP) is 3.06. The molecule has 0 spiro atoms. The summed E-state index contributed by atoms with van der Waals surface area (Å²) in [6.07, 6.45) is 3.43. The molecule has 0 unspecified atom stereocenters. The number of furan rings is 1. The van der Waals surface area contributed by atoms with Gasteiger partial charge in [0.25, 0.3) is 5.91 Å². The number of carbonyl (C=O) groups excluding carboxylic acids is 2. The lowest BCUT2D eigenvalue weighted by Crippen LogP contribution is -2.48. The van der Waals surface area contributed by atoms with Crippen molar-refractivity contribution in [3.8, 4) is 0 Å². The molecule has 0 radical (unpaired) electrons. The van der Waals surface area contributed by atoms with Crippen molar-refractivity contribution in [2.24, 2.45) is 0 Å². The number of likely N-dealkylation sites (N-methyl/N-ethyl adjacent to an activating group) is 1. The Bertz CT molecular complexity index is 833. The van der Waals surface area contributed by atoms with Gasteiger partial charge in [0, 0.05) is 51.0 Å². The number of piperazine rings is 1. The van der Waals surface area contributed by atoms with Gasteiger partial charge in [-0.2, -0.15) is 0 Å². The van der Waals surface area contributed by atoms with Gasteiger partial charge in [-0.3, -0.25) is 9.59 Å². The van der Waals surface area contributed by atoms with Crippen LogP contribution < -0.4 is 0 Å². The van der Waals surface area contributed by atoms with Crippen LogP contribution in [0.2, 0.25) is 0 Å². The average molecular weight is 415 g/mol. The summed E-state index contributed by atoms with van der Waals surface area (Å²) in [6.45, 7) is 12.3. The van der Waals surface area contributed by atoms with Crippen molar-refractivity contribution in [1.29, 1.82) is 0 Å². The van der Waals surface area contributed by atoms with Gasteiger partial charge in [0.1, 0.15) is 5.76 Å². The number of nitrogens with zero attached hydrogens (tertiary/aromatic N) is 4. The summed E-state index contributed by atoms with van der Waals surface area (Å²) in [6, 6.07) is 7.67. The van der Waals surface area contributed by atoms with Gasteiger partial charge in [-0.05, 0) is 37.2 Å². The molecule has 3 rings (SSSR count). The van der Waals surface area contributed by atoms with E-state index in [1.165, 1.54) is 0 Å². The van der Waals surface area contributed by atoms with Crippen LogP contribution in [0.1, 0.15) is 55.6 Å². The molecular weight excluding hydrogens is 380 g/mol. The molecule has 1 saturated heterocycles. The second kappa shape index (κ2) is 10.5. The van der Waals surface area contributed by atoms with Gasteiger partial charge in [-0.25, -0.2) is 0 Å². The van der Waals surface area contributed by atoms with E-state index in [4.69, 9.17) is 4.42 Å². The SMILES string of the molecule is CCCN(Cc1cccn1Cc1ccc(C(=O)N2CCN(CC)CC2)o1)C(=O)CC. The molecule has 164 valence electrons. The van der Waals surface area contributed by atoms with E-state index in [9.17, 15) is 9.59 Å². The summed E-state index contributed by atoms with van der Waals surface area (Å²) in [4.78, 5) is 31.1. The highest BCUT2D eigenvalue weighted by atomic mass is 16.4. The highest BCUT2D eigenvalue weighted by molar-refractivity contribution is 5.91. The highest BCUT2D eigenvalue weighted by Crippen LogP contribution is 2.16. The maximum atomic E-state index is 12.8. The van der Waals surface area contributed by atoms with Crippen molar-refractivity contribution in [3.05, 3.63) is 47.7 Å². The second-order valence-corrected chi connectivity index (χ2v) is 7.79. The van der Waals surface area contributed by atoms with Gasteiger partial charge in [0.2, 0.25) is 5.91 Å². The van der Waals surface area contributed by atoms with Crippen LogP contribution in [-0.4, -0.2) is 70.3 Å². The fraction of sp³-hybridized carbons (Fsp3) is 0.565. The molecule has 1 aliphatic rings. The normalized spacial score (nSPS) is 14.8. The predicted molar refractivity (Wildman–Crippen MR) is 116 cm³/mol. The molecule has 30 heavy (non-hydrogen) atoms. The van der Waals surface area contributed by atoms with Crippen LogP contribution in [0.4, 0.5) is 0 Å². The number of aromatic nitrogens is 1. The molecular formula is C23H34N4O3. The molecule has 7 heteroatoms. The molecule has 2 aromatic rings. The number of amides is 2. The van der Waals surface area contributed by atoms with Crippen LogP contribution in [0.3, 0.4) is 0 Å². The molecule has 0 saturated carbocycles. The second-order valence-electron chi connectivity index (χ2n) is 7.79. The van der Waals surface area contributed by atoms with E-state index in [1.807, 2.05) is 41.1 Å². The van der Waals surface area contributed by atoms with Crippen LogP contribution in [0.25, 0.3) is 0 Å². The lowest BCUT2D eigenvalue weighted by Gasteiger charge is -2.33. The minimum absolute atomic E-state index is 0.0348. The molecule has 0 atom stereocenters. The van der Waals surface area contributed by atoms with Gasteiger partial charge in [-0.15, -0.1) is 0 Å². The van der Waals surface area contributed by atoms with E-state index in [0.717, 1.165) is 57.1 Å². The summed E-state index contributed by atoms with van der Waals surface area (Å²) >= 11 is 0. The Hall–Kier alpha value is -2.54. The Labute approximate surface area is 179 Å². The van der Waals surface area contributed by atoms with E-state index < -0.39 is 0 Å². The van der Waals surface area contributed by atoms with Gasteiger partial charge in [0.15, 0.2) is 5.76 Å². The summed E-state index contributed by atoms with van der Waals surface area (Å²) in [5.74, 6) is 1.27. The fourth-order valence-corrected chi connectivity index (χ4v) is 3.90. The summed E-state index contributed by atoms with van der Waals surface area (Å²) in [7, 11) is 0. The molecule has 2 amide bonds. The Balaban J connectivity index is 1.63. The van der Waals surface area contributed by atoms with Crippen LogP contribution in [0, 0.1) is 0 Å². The zero-order valence-electron chi connectivity index (χ0n) is 18.5. The molecule has 1 aliphatic heterocycles. The monoisotopic (exact) mass is 414 g/mol. The van der Waals surface area contributed by atoms with Crippen molar-refractivity contribution >= 4 is 11.8 Å². The quantitative estimate of drug-likeness (QED) is 0.633. The molecule has 2 aromatic heterocycles. The first-order valence-electron chi connectivity index (χ1n) is 11.1. The van der Waals surface area contributed by atoms with E-state index in [0.29, 0.717) is 25.3 Å². The number of hydrogen-bond donors (Lipinski definition) is 0. The minimum atomic E-state index is -0.0348. The number of rotatable bonds is 9. The summed E-state index contributed by atoms with van der Waals surface area (Å²) in [5.41, 5.74) is 1.06. The highest BCUT2D eigenvalue weighted by Gasteiger charge is 2.23. The zero-order valence-corrected chi connectivity index (χ0v) is 18.5. The van der Waals surface area contributed by atoms with Gasteiger partial charge >= 0.3 is 0 Å². The molecule has 0 N–H and O–H groups in total. The third-order valence-corrected chi connectivity index (χ3v) is 5.73. The van der Waals surface area contributed by atoms with E-state index in [1.54, 1.807) is 6.07 Å². The van der Waals surface area contributed by atoms with Crippen molar-refractivity contribution in [3.63, 3.8) is 0 Å². The molecule has 0 bridgehead atoms. The summed E-state index contributed by atoms with van der Waals surface area (Å²) in [5, 5.41) is 0. The lowest BCUT2D eigenvalue weighted by atomic mass is 10.3. The Morgan fingerprint density at radius 1 is 1.07 bits per heavy atom. The van der Waals surface area contributed by atoms with Crippen molar-refractivity contribution in [2.45, 2.75) is 46.7 Å². The van der Waals surface area contributed by atoms with Gasteiger partial charge in [-0.1, -0.05) is 20.8 Å². The Morgan fingerprint density at radius 2 is 1.83 bits per heavy atom. The van der Waals surface area contributed by atoms with Gasteiger partial charge < -0.3 is 23.7 Å². The maximum Gasteiger partial charge on any atom is 0.289 e. The number of hydrogen-bond acceptors (Lipinski definition) is 4. The lowest BCUT2D eigenvalue weighted by molar-refractivity contribution is -0.131. The standard InChI is InChI=1S/C23H34N4O3/c1-4-11-27(22(28)5-2)17-19-8-7-12-26(19)18-20-9-10-21(30-20)23(29)25-15-13-24(6-3)14-16-25/h7-10,12H,4-6,11,13-18H2,1-3H3. The van der Waals surface area contributed by atoms with E-state index in [-0.39, 0.29) is 11.8 Å². The molecule has 3 heterocycles. The number of carbonyl (C=O) groups is 2. The van der Waals surface area contributed by atoms with Crippen molar-refractivity contribution < 1.29 is 14.0 Å². The fourth-order valence-electron chi connectivity index (χ4n) is 3.90. The van der Waals surface area contributed by atoms with Gasteiger partial charge in [0.05, 0.1) is 13.1 Å². The smallest absolute Gasteiger partial charge is 0.289 e. The molecule has 0 aromatic carbocycles. The van der Waals surface area contributed by atoms with E-state index in [2.05, 4.69) is 23.3 Å². The van der Waals surface area contributed by atoms with Crippen LogP contribution in [0.5, 0.6) is 0 Å². The first-order chi connectivity index (χ1) is 14.5. The first-order valence-corrected chi connectivity index (χ1v) is 11.1. The van der Waals surface area contributed by atoms with Crippen molar-refractivity contribution in [1.82, 2.24) is 19.3 Å². The Kier molecular flexibility index (Phi) is 7.74. The molecule has 7 nitrogen and oxygen atoms in total. The molecule has 0 aliphatic carbocycles. The summed E-state index contributed by atoms with van der Waals surface area (Å²) < 4.78 is 7.98. The third-order valence-electron chi connectivity index (χ3n) is 5.73.